The maximum absolute atomic E-state index is 13.2. The monoisotopic (exact) mass is 443 g/mol. The first-order chi connectivity index (χ1) is 15.1. The molecule has 1 atom stereocenters. The van der Waals surface area contributed by atoms with Crippen molar-refractivity contribution >= 4 is 22.4 Å². The predicted octanol–water partition coefficient (Wildman–Crippen LogP) is 3.68. The lowest BCUT2D eigenvalue weighted by Gasteiger charge is -2.41. The molecule has 0 amide bonds. The highest BCUT2D eigenvalue weighted by molar-refractivity contribution is 7.15. The van der Waals surface area contributed by atoms with Gasteiger partial charge in [-0.15, -0.1) is 11.3 Å². The van der Waals surface area contributed by atoms with Crippen LogP contribution >= 0.6 is 11.3 Å². The van der Waals surface area contributed by atoms with Gasteiger partial charge in [-0.1, -0.05) is 24.3 Å². The number of nitrogens with zero attached hydrogens (tertiary/aromatic N) is 3. The van der Waals surface area contributed by atoms with E-state index in [2.05, 4.69) is 46.0 Å². The Morgan fingerprint density at radius 2 is 2.06 bits per heavy atom. The van der Waals surface area contributed by atoms with Crippen molar-refractivity contribution in [2.45, 2.75) is 39.7 Å². The molecule has 0 N–H and O–H groups in total. The van der Waals surface area contributed by atoms with Crippen molar-refractivity contribution in [2.75, 3.05) is 50.9 Å². The average molecular weight is 444 g/mol. The first kappa shape index (κ1) is 22.2. The van der Waals surface area contributed by atoms with E-state index in [0.717, 1.165) is 70.3 Å². The van der Waals surface area contributed by atoms with Crippen molar-refractivity contribution in [3.63, 3.8) is 0 Å². The average Bonchev–Trinajstić information content (AvgIpc) is 3.25. The van der Waals surface area contributed by atoms with Gasteiger partial charge in [0.15, 0.2) is 5.13 Å². The second kappa shape index (κ2) is 10.1. The molecule has 0 unspecified atom stereocenters. The van der Waals surface area contributed by atoms with Gasteiger partial charge in [-0.25, -0.2) is 4.98 Å². The largest absolute Gasteiger partial charge is 0.466 e. The summed E-state index contributed by atoms with van der Waals surface area (Å²) in [5.41, 5.74) is 1.99. The van der Waals surface area contributed by atoms with Crippen LogP contribution in [0.25, 0.3) is 0 Å². The molecular weight excluding hydrogens is 410 g/mol. The molecule has 3 heterocycles. The van der Waals surface area contributed by atoms with Crippen LogP contribution in [-0.2, 0) is 27.2 Å². The Kier molecular flexibility index (Phi) is 7.25. The van der Waals surface area contributed by atoms with E-state index in [4.69, 9.17) is 9.47 Å². The lowest BCUT2D eigenvalue weighted by molar-refractivity contribution is -0.159. The molecule has 1 aromatic heterocycles. The van der Waals surface area contributed by atoms with Gasteiger partial charge in [-0.05, 0) is 50.8 Å². The van der Waals surface area contributed by atoms with E-state index in [-0.39, 0.29) is 5.97 Å². The molecule has 0 saturated carbocycles. The van der Waals surface area contributed by atoms with Crippen molar-refractivity contribution in [1.82, 2.24) is 9.88 Å². The Bertz CT molecular complexity index is 880. The maximum atomic E-state index is 13.2. The lowest BCUT2D eigenvalue weighted by atomic mass is 9.74. The molecule has 2 aliphatic heterocycles. The molecular formula is C24H33N3O3S. The van der Waals surface area contributed by atoms with Crippen LogP contribution < -0.4 is 4.90 Å². The number of aromatic nitrogens is 1. The van der Waals surface area contributed by atoms with Crippen molar-refractivity contribution in [1.29, 1.82) is 0 Å². The second-order valence-corrected chi connectivity index (χ2v) is 9.72. The standard InChI is InChI=1S/C24H33N3O3S/c1-3-30-22(28)24(15-20-8-5-4-7-19(20)2)9-6-10-26(18-24)17-21-16-25-23(31-21)27-11-13-29-14-12-27/h4-5,7-8,16H,3,6,9-15,17-18H2,1-2H3/t24-/m1/s1. The Balaban J connectivity index is 1.49. The van der Waals surface area contributed by atoms with Crippen molar-refractivity contribution in [3.05, 3.63) is 46.5 Å². The first-order valence-electron chi connectivity index (χ1n) is 11.3. The van der Waals surface area contributed by atoms with Crippen LogP contribution in [0.5, 0.6) is 0 Å². The topological polar surface area (TPSA) is 54.9 Å². The highest BCUT2D eigenvalue weighted by Crippen LogP contribution is 2.37. The molecule has 168 valence electrons. The Morgan fingerprint density at radius 3 is 2.84 bits per heavy atom. The molecule has 4 rings (SSSR count). The number of esters is 1. The number of likely N-dealkylation sites (tertiary alicyclic amines) is 1. The van der Waals surface area contributed by atoms with Crippen LogP contribution in [-0.4, -0.2) is 61.9 Å². The smallest absolute Gasteiger partial charge is 0.313 e. The summed E-state index contributed by atoms with van der Waals surface area (Å²) in [5, 5.41) is 1.08. The van der Waals surface area contributed by atoms with Crippen LogP contribution in [0.1, 0.15) is 35.8 Å². The quantitative estimate of drug-likeness (QED) is 0.609. The number of rotatable bonds is 7. The summed E-state index contributed by atoms with van der Waals surface area (Å²) < 4.78 is 11.0. The molecule has 7 heteroatoms. The number of anilines is 1. The molecule has 2 fully saturated rings. The minimum absolute atomic E-state index is 0.0544. The third-order valence-corrected chi connectivity index (χ3v) is 7.40. The molecule has 2 aliphatic rings. The molecule has 2 saturated heterocycles. The Labute approximate surface area is 189 Å². The van der Waals surface area contributed by atoms with E-state index in [1.165, 1.54) is 16.0 Å². The van der Waals surface area contributed by atoms with Crippen molar-refractivity contribution in [2.24, 2.45) is 5.41 Å². The number of benzene rings is 1. The van der Waals surface area contributed by atoms with Crippen molar-refractivity contribution in [3.8, 4) is 0 Å². The number of aryl methyl sites for hydroxylation is 1. The highest BCUT2D eigenvalue weighted by atomic mass is 32.1. The number of hydrogen-bond acceptors (Lipinski definition) is 7. The number of morpholine rings is 1. The van der Waals surface area contributed by atoms with Gasteiger partial charge in [-0.2, -0.15) is 0 Å². The predicted molar refractivity (Wildman–Crippen MR) is 124 cm³/mol. The Morgan fingerprint density at radius 1 is 1.26 bits per heavy atom. The van der Waals surface area contributed by atoms with Gasteiger partial charge in [0.05, 0.1) is 25.2 Å². The molecule has 0 bridgehead atoms. The summed E-state index contributed by atoms with van der Waals surface area (Å²) >= 11 is 1.76. The zero-order chi connectivity index (χ0) is 21.7. The zero-order valence-electron chi connectivity index (χ0n) is 18.6. The van der Waals surface area contributed by atoms with Gasteiger partial charge >= 0.3 is 5.97 Å². The highest BCUT2D eigenvalue weighted by Gasteiger charge is 2.43. The second-order valence-electron chi connectivity index (χ2n) is 8.63. The van der Waals surface area contributed by atoms with Gasteiger partial charge in [0.25, 0.3) is 0 Å². The van der Waals surface area contributed by atoms with E-state index >= 15 is 0 Å². The number of carbonyl (C=O) groups is 1. The number of piperidine rings is 1. The maximum Gasteiger partial charge on any atom is 0.313 e. The van der Waals surface area contributed by atoms with E-state index in [0.29, 0.717) is 6.61 Å². The van der Waals surface area contributed by atoms with Crippen molar-refractivity contribution < 1.29 is 14.3 Å². The van der Waals surface area contributed by atoms with Crippen LogP contribution in [0, 0.1) is 12.3 Å². The van der Waals surface area contributed by atoms with Gasteiger partial charge in [0.2, 0.25) is 0 Å². The van der Waals surface area contributed by atoms with Gasteiger partial charge < -0.3 is 14.4 Å². The van der Waals surface area contributed by atoms with Crippen LogP contribution in [0.2, 0.25) is 0 Å². The van der Waals surface area contributed by atoms with Gasteiger partial charge in [0.1, 0.15) is 0 Å². The van der Waals surface area contributed by atoms with Crippen LogP contribution in [0.4, 0.5) is 5.13 Å². The molecule has 0 radical (unpaired) electrons. The van der Waals surface area contributed by atoms with Crippen LogP contribution in [0.15, 0.2) is 30.5 Å². The summed E-state index contributed by atoms with van der Waals surface area (Å²) in [4.78, 5) is 23.8. The number of thiazole rings is 1. The minimum Gasteiger partial charge on any atom is -0.466 e. The normalized spacial score (nSPS) is 22.5. The Hall–Kier alpha value is -1.96. The summed E-state index contributed by atoms with van der Waals surface area (Å²) in [7, 11) is 0. The summed E-state index contributed by atoms with van der Waals surface area (Å²) in [6.07, 6.45) is 4.60. The summed E-state index contributed by atoms with van der Waals surface area (Å²) in [6, 6.07) is 8.39. The number of ether oxygens (including phenoxy) is 2. The molecule has 0 aliphatic carbocycles. The SMILES string of the molecule is CCOC(=O)[C@@]1(Cc2ccccc2C)CCCN(Cc2cnc(N3CCOCC3)s2)C1. The fourth-order valence-electron chi connectivity index (χ4n) is 4.69. The van der Waals surface area contributed by atoms with Gasteiger partial charge in [-0.3, -0.25) is 9.69 Å². The van der Waals surface area contributed by atoms with E-state index in [1.54, 1.807) is 11.3 Å². The molecule has 31 heavy (non-hydrogen) atoms. The fourth-order valence-corrected chi connectivity index (χ4v) is 5.70. The molecule has 1 aromatic carbocycles. The van der Waals surface area contributed by atoms with E-state index in [9.17, 15) is 4.79 Å². The first-order valence-corrected chi connectivity index (χ1v) is 12.1. The minimum atomic E-state index is -0.488. The van der Waals surface area contributed by atoms with Gasteiger partial charge in [0, 0.05) is 37.3 Å². The number of hydrogen-bond donors (Lipinski definition) is 0. The lowest BCUT2D eigenvalue weighted by Crippen LogP contribution is -2.49. The number of carbonyl (C=O) groups excluding carboxylic acids is 1. The van der Waals surface area contributed by atoms with Crippen LogP contribution in [0.3, 0.4) is 0 Å². The molecule has 0 spiro atoms. The van der Waals surface area contributed by atoms with E-state index in [1.807, 2.05) is 13.1 Å². The van der Waals surface area contributed by atoms with E-state index < -0.39 is 5.41 Å². The third kappa shape index (κ3) is 5.27. The zero-order valence-corrected chi connectivity index (χ0v) is 19.5. The molecule has 6 nitrogen and oxygen atoms in total. The summed E-state index contributed by atoms with van der Waals surface area (Å²) in [6.45, 7) is 10.3. The summed E-state index contributed by atoms with van der Waals surface area (Å²) in [5.74, 6) is -0.0544. The third-order valence-electron chi connectivity index (χ3n) is 6.36. The molecule has 2 aromatic rings. The fraction of sp³-hybridized carbons (Fsp3) is 0.583.